The number of rotatable bonds is 5. The van der Waals surface area contributed by atoms with Crippen molar-refractivity contribution in [2.24, 2.45) is 7.05 Å². The Morgan fingerprint density at radius 2 is 1.97 bits per heavy atom. The summed E-state index contributed by atoms with van der Waals surface area (Å²) >= 11 is 6.26. The molecule has 0 aliphatic carbocycles. The number of benzene rings is 1. The third-order valence-corrected chi connectivity index (χ3v) is 6.06. The summed E-state index contributed by atoms with van der Waals surface area (Å²) in [5.41, 5.74) is 5.73. The van der Waals surface area contributed by atoms with Crippen LogP contribution in [0.1, 0.15) is 35.7 Å². The van der Waals surface area contributed by atoms with Gasteiger partial charge in [0.15, 0.2) is 0 Å². The Balaban J connectivity index is 1.56. The highest BCUT2D eigenvalue weighted by atomic mass is 35.5. The first-order valence-electron chi connectivity index (χ1n) is 10.4. The van der Waals surface area contributed by atoms with Gasteiger partial charge in [-0.15, -0.1) is 0 Å². The smallest absolute Gasteiger partial charge is 0.225 e. The van der Waals surface area contributed by atoms with Crippen molar-refractivity contribution in [2.45, 2.75) is 32.2 Å². The summed E-state index contributed by atoms with van der Waals surface area (Å²) in [6.45, 7) is 5.15. The predicted molar refractivity (Wildman–Crippen MR) is 122 cm³/mol. The lowest BCUT2D eigenvalue weighted by molar-refractivity contribution is 0.203. The second kappa shape index (κ2) is 8.74. The van der Waals surface area contributed by atoms with E-state index in [1.807, 2.05) is 55.1 Å². The summed E-state index contributed by atoms with van der Waals surface area (Å²) < 4.78 is 1.90. The van der Waals surface area contributed by atoms with Crippen LogP contribution in [0.15, 0.2) is 36.7 Å². The first-order chi connectivity index (χ1) is 14.4. The Morgan fingerprint density at radius 3 is 2.60 bits per heavy atom. The summed E-state index contributed by atoms with van der Waals surface area (Å²) in [6, 6.07) is 7.97. The van der Waals surface area contributed by atoms with Crippen molar-refractivity contribution in [3.8, 4) is 11.1 Å². The standard InChI is InChI=1S/C23H29ClN6/c1-16-19(14-29(4)27-16)15-30-10-8-17(9-11-30)22-21(13-25-23(26-22)28(2)3)18-6-5-7-20(24)12-18/h5-7,12-14,17H,8-11,15H2,1-4H3. The molecule has 2 aromatic heterocycles. The van der Waals surface area contributed by atoms with Crippen molar-refractivity contribution in [1.29, 1.82) is 0 Å². The van der Waals surface area contributed by atoms with E-state index in [4.69, 9.17) is 16.6 Å². The average Bonchev–Trinajstić information content (AvgIpc) is 3.04. The van der Waals surface area contributed by atoms with Crippen molar-refractivity contribution in [3.05, 3.63) is 58.6 Å². The minimum atomic E-state index is 0.409. The molecule has 0 radical (unpaired) electrons. The molecule has 1 aliphatic heterocycles. The number of likely N-dealkylation sites (tertiary alicyclic amines) is 1. The van der Waals surface area contributed by atoms with Crippen molar-refractivity contribution in [2.75, 3.05) is 32.1 Å². The lowest BCUT2D eigenvalue weighted by Crippen LogP contribution is -2.33. The van der Waals surface area contributed by atoms with Crippen LogP contribution in [0.4, 0.5) is 5.95 Å². The highest BCUT2D eigenvalue weighted by Gasteiger charge is 2.26. The molecule has 4 rings (SSSR count). The van der Waals surface area contributed by atoms with Gasteiger partial charge in [0.2, 0.25) is 5.95 Å². The normalized spacial score (nSPS) is 15.5. The Morgan fingerprint density at radius 1 is 1.20 bits per heavy atom. The zero-order chi connectivity index (χ0) is 21.3. The molecular formula is C23H29ClN6. The van der Waals surface area contributed by atoms with E-state index in [9.17, 15) is 0 Å². The van der Waals surface area contributed by atoms with Crippen molar-refractivity contribution in [3.63, 3.8) is 0 Å². The second-order valence-electron chi connectivity index (χ2n) is 8.34. The van der Waals surface area contributed by atoms with Gasteiger partial charge in [-0.25, -0.2) is 9.97 Å². The van der Waals surface area contributed by atoms with E-state index >= 15 is 0 Å². The maximum absolute atomic E-state index is 6.26. The molecule has 1 fully saturated rings. The highest BCUT2D eigenvalue weighted by molar-refractivity contribution is 6.30. The van der Waals surface area contributed by atoms with Crippen LogP contribution >= 0.6 is 11.6 Å². The van der Waals surface area contributed by atoms with Gasteiger partial charge in [-0.1, -0.05) is 23.7 Å². The molecule has 6 nitrogen and oxygen atoms in total. The fourth-order valence-electron chi connectivity index (χ4n) is 4.20. The molecule has 0 spiro atoms. The number of hydrogen-bond donors (Lipinski definition) is 0. The molecule has 1 aliphatic rings. The van der Waals surface area contributed by atoms with Gasteiger partial charge >= 0.3 is 0 Å². The van der Waals surface area contributed by atoms with Gasteiger partial charge in [0, 0.05) is 62.1 Å². The van der Waals surface area contributed by atoms with Gasteiger partial charge in [0.05, 0.1) is 11.4 Å². The molecule has 30 heavy (non-hydrogen) atoms. The van der Waals surface area contributed by atoms with E-state index in [1.165, 1.54) is 5.56 Å². The minimum absolute atomic E-state index is 0.409. The molecule has 0 bridgehead atoms. The van der Waals surface area contributed by atoms with Crippen LogP contribution in [0.3, 0.4) is 0 Å². The summed E-state index contributed by atoms with van der Waals surface area (Å²) in [6.07, 6.45) is 6.24. The SMILES string of the molecule is Cc1nn(C)cc1CN1CCC(c2nc(N(C)C)ncc2-c2cccc(Cl)c2)CC1. The molecule has 3 aromatic rings. The molecule has 0 unspecified atom stereocenters. The monoisotopic (exact) mass is 424 g/mol. The number of aryl methyl sites for hydroxylation is 2. The molecule has 158 valence electrons. The van der Waals surface area contributed by atoms with Crippen LogP contribution < -0.4 is 4.90 Å². The van der Waals surface area contributed by atoms with Gasteiger partial charge in [-0.05, 0) is 50.6 Å². The first kappa shape index (κ1) is 20.8. The van der Waals surface area contributed by atoms with Gasteiger partial charge in [-0.3, -0.25) is 9.58 Å². The molecule has 0 saturated carbocycles. The zero-order valence-electron chi connectivity index (χ0n) is 18.1. The van der Waals surface area contributed by atoms with Crippen molar-refractivity contribution < 1.29 is 0 Å². The molecule has 3 heterocycles. The number of piperidine rings is 1. The van der Waals surface area contributed by atoms with Crippen LogP contribution in [0.25, 0.3) is 11.1 Å². The fourth-order valence-corrected chi connectivity index (χ4v) is 4.39. The fraction of sp³-hybridized carbons (Fsp3) is 0.435. The zero-order valence-corrected chi connectivity index (χ0v) is 18.9. The Hall–Kier alpha value is -2.44. The molecule has 0 N–H and O–H groups in total. The van der Waals surface area contributed by atoms with Gasteiger partial charge in [0.1, 0.15) is 0 Å². The maximum atomic E-state index is 6.26. The largest absolute Gasteiger partial charge is 0.347 e. The van der Waals surface area contributed by atoms with Crippen LogP contribution in [-0.2, 0) is 13.6 Å². The summed E-state index contributed by atoms with van der Waals surface area (Å²) in [5.74, 6) is 1.16. The van der Waals surface area contributed by atoms with Crippen LogP contribution in [0.2, 0.25) is 5.02 Å². The molecule has 0 atom stereocenters. The molecule has 1 aromatic carbocycles. The summed E-state index contributed by atoms with van der Waals surface area (Å²) in [7, 11) is 5.95. The second-order valence-corrected chi connectivity index (χ2v) is 8.77. The molecule has 7 heteroatoms. The van der Waals surface area contributed by atoms with E-state index in [1.54, 1.807) is 0 Å². The Kier molecular flexibility index (Phi) is 6.06. The maximum Gasteiger partial charge on any atom is 0.225 e. The Labute approximate surface area is 183 Å². The van der Waals surface area contributed by atoms with E-state index < -0.39 is 0 Å². The lowest BCUT2D eigenvalue weighted by atomic mass is 9.88. The van der Waals surface area contributed by atoms with Gasteiger partial charge in [0.25, 0.3) is 0 Å². The van der Waals surface area contributed by atoms with Crippen molar-refractivity contribution in [1.82, 2.24) is 24.6 Å². The molecule has 1 saturated heterocycles. The van der Waals surface area contributed by atoms with Crippen LogP contribution in [0.5, 0.6) is 0 Å². The van der Waals surface area contributed by atoms with Crippen LogP contribution in [0, 0.1) is 6.92 Å². The van der Waals surface area contributed by atoms with E-state index in [2.05, 4.69) is 34.2 Å². The average molecular weight is 425 g/mol. The number of nitrogens with zero attached hydrogens (tertiary/aromatic N) is 6. The topological polar surface area (TPSA) is 50.1 Å². The quantitative estimate of drug-likeness (QED) is 0.611. The first-order valence-corrected chi connectivity index (χ1v) is 10.8. The predicted octanol–water partition coefficient (Wildman–Crippen LogP) is 4.28. The minimum Gasteiger partial charge on any atom is -0.347 e. The van der Waals surface area contributed by atoms with Crippen LogP contribution in [-0.4, -0.2) is 51.8 Å². The third kappa shape index (κ3) is 4.50. The van der Waals surface area contributed by atoms with E-state index in [0.29, 0.717) is 5.92 Å². The Bertz CT molecular complexity index is 1020. The van der Waals surface area contributed by atoms with Gasteiger partial charge in [-0.2, -0.15) is 5.10 Å². The number of hydrogen-bond acceptors (Lipinski definition) is 5. The molecular weight excluding hydrogens is 396 g/mol. The highest BCUT2D eigenvalue weighted by Crippen LogP contribution is 2.35. The van der Waals surface area contributed by atoms with E-state index in [0.717, 1.165) is 66.0 Å². The summed E-state index contributed by atoms with van der Waals surface area (Å²) in [4.78, 5) is 14.0. The molecule has 0 amide bonds. The lowest BCUT2D eigenvalue weighted by Gasteiger charge is -2.32. The van der Waals surface area contributed by atoms with E-state index in [-0.39, 0.29) is 0 Å². The number of halogens is 1. The number of aromatic nitrogens is 4. The summed E-state index contributed by atoms with van der Waals surface area (Å²) in [5, 5.41) is 5.21. The van der Waals surface area contributed by atoms with Gasteiger partial charge < -0.3 is 4.90 Å². The number of anilines is 1. The van der Waals surface area contributed by atoms with Crippen molar-refractivity contribution >= 4 is 17.5 Å². The third-order valence-electron chi connectivity index (χ3n) is 5.82.